The first-order chi connectivity index (χ1) is 14.6. The Morgan fingerprint density at radius 1 is 1.06 bits per heavy atom. The minimum Gasteiger partial charge on any atom is -0.491 e. The predicted molar refractivity (Wildman–Crippen MR) is 139 cm³/mol. The van der Waals surface area contributed by atoms with Crippen LogP contribution in [0.5, 0.6) is 5.75 Å². The Morgan fingerprint density at radius 2 is 1.84 bits per heavy atom. The minimum absolute atomic E-state index is 0. The number of nitrogens with one attached hydrogen (secondary N) is 2. The van der Waals surface area contributed by atoms with Gasteiger partial charge in [0.15, 0.2) is 5.96 Å². The summed E-state index contributed by atoms with van der Waals surface area (Å²) in [6.07, 6.45) is 0. The van der Waals surface area contributed by atoms with E-state index in [4.69, 9.17) is 9.47 Å². The van der Waals surface area contributed by atoms with Crippen LogP contribution in [0, 0.1) is 6.92 Å². The van der Waals surface area contributed by atoms with E-state index < -0.39 is 10.8 Å². The summed E-state index contributed by atoms with van der Waals surface area (Å²) in [6, 6.07) is 15.6. The van der Waals surface area contributed by atoms with Crippen molar-refractivity contribution in [1.29, 1.82) is 0 Å². The van der Waals surface area contributed by atoms with Crippen molar-refractivity contribution in [3.8, 4) is 5.75 Å². The molecule has 0 bridgehead atoms. The second kappa shape index (κ2) is 16.0. The molecule has 2 aromatic rings. The molecule has 1 unspecified atom stereocenters. The molecule has 0 aliphatic carbocycles. The van der Waals surface area contributed by atoms with Gasteiger partial charge < -0.3 is 20.1 Å². The van der Waals surface area contributed by atoms with Gasteiger partial charge in [-0.15, -0.1) is 24.0 Å². The average Bonchev–Trinajstić information content (AvgIpc) is 2.76. The van der Waals surface area contributed by atoms with Gasteiger partial charge in [0.05, 0.1) is 24.0 Å². The zero-order valence-electron chi connectivity index (χ0n) is 18.6. The number of hydrogen-bond donors (Lipinski definition) is 2. The lowest BCUT2D eigenvalue weighted by Gasteiger charge is -2.14. The third-order valence-corrected chi connectivity index (χ3v) is 5.62. The fourth-order valence-electron chi connectivity index (χ4n) is 2.74. The highest BCUT2D eigenvalue weighted by molar-refractivity contribution is 14.0. The van der Waals surface area contributed by atoms with Crippen molar-refractivity contribution in [3.05, 3.63) is 59.7 Å². The molecule has 0 aliphatic rings. The number of benzene rings is 2. The van der Waals surface area contributed by atoms with Gasteiger partial charge in [-0.3, -0.25) is 4.21 Å². The van der Waals surface area contributed by atoms with Crippen molar-refractivity contribution in [2.24, 2.45) is 4.99 Å². The van der Waals surface area contributed by atoms with Crippen molar-refractivity contribution in [1.82, 2.24) is 10.6 Å². The average molecular weight is 560 g/mol. The smallest absolute Gasteiger partial charge is 0.191 e. The van der Waals surface area contributed by atoms with E-state index in [0.29, 0.717) is 44.6 Å². The maximum Gasteiger partial charge on any atom is 0.191 e. The standard InChI is InChI=1S/C23H33N3O3S.HI/c1-4-24-23(25-13-16-30(27)21-9-7-6-8-10-21)26-18-20-12-11-19(3)17-22(20)29-15-14-28-5-2;/h6-12,17H,4-5,13-16,18H2,1-3H3,(H2,24,25,26);1H. The third kappa shape index (κ3) is 10.5. The second-order valence-electron chi connectivity index (χ2n) is 6.64. The van der Waals surface area contributed by atoms with E-state index in [-0.39, 0.29) is 24.0 Å². The van der Waals surface area contributed by atoms with Gasteiger partial charge in [-0.2, -0.15) is 0 Å². The van der Waals surface area contributed by atoms with Crippen LogP contribution >= 0.6 is 24.0 Å². The van der Waals surface area contributed by atoms with Gasteiger partial charge in [0, 0.05) is 35.9 Å². The molecule has 0 amide bonds. The molecule has 2 rings (SSSR count). The molecule has 0 spiro atoms. The van der Waals surface area contributed by atoms with E-state index in [1.807, 2.05) is 63.2 Å². The van der Waals surface area contributed by atoms with Crippen LogP contribution in [0.25, 0.3) is 0 Å². The highest BCUT2D eigenvalue weighted by Gasteiger charge is 2.07. The SMILES string of the molecule is CCNC(=NCc1ccc(C)cc1OCCOCC)NCCS(=O)c1ccccc1.I. The Labute approximate surface area is 205 Å². The second-order valence-corrected chi connectivity index (χ2v) is 8.21. The molecular formula is C23H34IN3O3S. The van der Waals surface area contributed by atoms with E-state index in [1.54, 1.807) is 0 Å². The van der Waals surface area contributed by atoms with E-state index in [9.17, 15) is 4.21 Å². The molecule has 1 atom stereocenters. The quantitative estimate of drug-likeness (QED) is 0.179. The summed E-state index contributed by atoms with van der Waals surface area (Å²) >= 11 is 0. The van der Waals surface area contributed by atoms with Gasteiger partial charge in [0.2, 0.25) is 0 Å². The Balaban J connectivity index is 0.00000480. The summed E-state index contributed by atoms with van der Waals surface area (Å²) in [4.78, 5) is 5.51. The van der Waals surface area contributed by atoms with Crippen molar-refractivity contribution >= 4 is 40.7 Å². The van der Waals surface area contributed by atoms with E-state index in [2.05, 4.69) is 21.7 Å². The van der Waals surface area contributed by atoms with Gasteiger partial charge in [0.1, 0.15) is 12.4 Å². The van der Waals surface area contributed by atoms with Crippen molar-refractivity contribution < 1.29 is 13.7 Å². The Hall–Kier alpha value is -1.65. The number of guanidine groups is 1. The highest BCUT2D eigenvalue weighted by Crippen LogP contribution is 2.21. The lowest BCUT2D eigenvalue weighted by molar-refractivity contribution is 0.110. The summed E-state index contributed by atoms with van der Waals surface area (Å²) in [6.45, 7) is 9.60. The molecule has 0 saturated carbocycles. The molecule has 2 N–H and O–H groups in total. The predicted octanol–water partition coefficient (Wildman–Crippen LogP) is 3.89. The first kappa shape index (κ1) is 27.4. The van der Waals surface area contributed by atoms with Gasteiger partial charge in [-0.25, -0.2) is 4.99 Å². The molecule has 172 valence electrons. The minimum atomic E-state index is -1.03. The molecule has 0 radical (unpaired) electrons. The molecule has 0 heterocycles. The number of ether oxygens (including phenoxy) is 2. The summed E-state index contributed by atoms with van der Waals surface area (Å²) in [5.74, 6) is 2.05. The van der Waals surface area contributed by atoms with Gasteiger partial charge in [-0.1, -0.05) is 30.3 Å². The molecule has 2 aromatic carbocycles. The van der Waals surface area contributed by atoms with Crippen molar-refractivity contribution in [3.63, 3.8) is 0 Å². The molecule has 0 saturated heterocycles. The van der Waals surface area contributed by atoms with E-state index in [0.717, 1.165) is 28.3 Å². The Morgan fingerprint density at radius 3 is 2.55 bits per heavy atom. The summed E-state index contributed by atoms with van der Waals surface area (Å²) in [5.41, 5.74) is 2.16. The molecule has 8 heteroatoms. The topological polar surface area (TPSA) is 72.0 Å². The molecule has 0 aromatic heterocycles. The van der Waals surface area contributed by atoms with Crippen LogP contribution in [0.4, 0.5) is 0 Å². The normalized spacial score (nSPS) is 12.0. The number of aliphatic imine (C=N–C) groups is 1. The first-order valence-corrected chi connectivity index (χ1v) is 11.7. The van der Waals surface area contributed by atoms with Crippen molar-refractivity contribution in [2.75, 3.05) is 38.7 Å². The lowest BCUT2D eigenvalue weighted by atomic mass is 10.1. The van der Waals surface area contributed by atoms with Crippen LogP contribution in [0.2, 0.25) is 0 Å². The van der Waals surface area contributed by atoms with Crippen molar-refractivity contribution in [2.45, 2.75) is 32.2 Å². The number of hydrogen-bond acceptors (Lipinski definition) is 4. The zero-order valence-corrected chi connectivity index (χ0v) is 21.7. The van der Waals surface area contributed by atoms with Gasteiger partial charge >= 0.3 is 0 Å². The maximum atomic E-state index is 12.4. The molecule has 6 nitrogen and oxygen atoms in total. The van der Waals surface area contributed by atoms with Crippen LogP contribution in [-0.4, -0.2) is 48.8 Å². The zero-order chi connectivity index (χ0) is 21.6. The largest absolute Gasteiger partial charge is 0.491 e. The highest BCUT2D eigenvalue weighted by atomic mass is 127. The molecular weight excluding hydrogens is 525 g/mol. The Bertz CT molecular complexity index is 819. The monoisotopic (exact) mass is 559 g/mol. The number of rotatable bonds is 12. The summed E-state index contributed by atoms with van der Waals surface area (Å²) in [7, 11) is -1.03. The number of nitrogens with zero attached hydrogens (tertiary/aromatic N) is 1. The fraction of sp³-hybridized carbons (Fsp3) is 0.435. The van der Waals surface area contributed by atoms with Crippen LogP contribution in [0.15, 0.2) is 58.4 Å². The summed E-state index contributed by atoms with van der Waals surface area (Å²) < 4.78 is 23.6. The van der Waals surface area contributed by atoms with Crippen LogP contribution in [-0.2, 0) is 22.1 Å². The van der Waals surface area contributed by atoms with Gasteiger partial charge in [-0.05, 0) is 44.5 Å². The van der Waals surface area contributed by atoms with E-state index in [1.165, 1.54) is 0 Å². The fourth-order valence-corrected chi connectivity index (χ4v) is 3.72. The summed E-state index contributed by atoms with van der Waals surface area (Å²) in [5, 5.41) is 6.50. The maximum absolute atomic E-state index is 12.4. The molecule has 0 aliphatic heterocycles. The lowest BCUT2D eigenvalue weighted by Crippen LogP contribution is -2.39. The van der Waals surface area contributed by atoms with Crippen LogP contribution in [0.3, 0.4) is 0 Å². The van der Waals surface area contributed by atoms with Crippen LogP contribution in [0.1, 0.15) is 25.0 Å². The number of aryl methyl sites for hydroxylation is 1. The third-order valence-electron chi connectivity index (χ3n) is 4.25. The van der Waals surface area contributed by atoms with Gasteiger partial charge in [0.25, 0.3) is 0 Å². The van der Waals surface area contributed by atoms with Crippen LogP contribution < -0.4 is 15.4 Å². The molecule has 31 heavy (non-hydrogen) atoms. The number of halogens is 1. The Kier molecular flexibility index (Phi) is 14.2. The molecule has 0 fully saturated rings. The van der Waals surface area contributed by atoms with E-state index >= 15 is 0 Å². The first-order valence-electron chi connectivity index (χ1n) is 10.4.